The van der Waals surface area contributed by atoms with Gasteiger partial charge in [0.1, 0.15) is 5.82 Å². The lowest BCUT2D eigenvalue weighted by Gasteiger charge is -2.49. The molecule has 2 aliphatic heterocycles. The molecular weight excluding hydrogens is 326 g/mol. The van der Waals surface area contributed by atoms with E-state index in [-0.39, 0.29) is 6.03 Å². The smallest absolute Gasteiger partial charge is 0.317 e. The zero-order valence-electron chi connectivity index (χ0n) is 15.8. The van der Waals surface area contributed by atoms with Gasteiger partial charge in [0.25, 0.3) is 0 Å². The fourth-order valence-corrected chi connectivity index (χ4v) is 4.19. The molecule has 4 rings (SSSR count). The number of hydrogen-bond acceptors (Lipinski definition) is 3. The van der Waals surface area contributed by atoms with Crippen LogP contribution in [-0.4, -0.2) is 64.1 Å². The van der Waals surface area contributed by atoms with Crippen molar-refractivity contribution < 1.29 is 4.79 Å². The van der Waals surface area contributed by atoms with Gasteiger partial charge in [0, 0.05) is 38.1 Å². The van der Waals surface area contributed by atoms with Gasteiger partial charge < -0.3 is 15.2 Å². The van der Waals surface area contributed by atoms with Gasteiger partial charge in [-0.2, -0.15) is 0 Å². The topological polar surface area (TPSA) is 64.3 Å². The first kappa shape index (κ1) is 17.3. The summed E-state index contributed by atoms with van der Waals surface area (Å²) in [6, 6.07) is 7.47. The number of rotatable bonds is 4. The molecular formula is C20H29N5O. The lowest BCUT2D eigenvalue weighted by molar-refractivity contribution is 0.0170. The molecule has 3 heterocycles. The van der Waals surface area contributed by atoms with Crippen molar-refractivity contribution in [2.45, 2.75) is 51.6 Å². The van der Waals surface area contributed by atoms with Gasteiger partial charge in [-0.05, 0) is 50.9 Å². The highest BCUT2D eigenvalue weighted by molar-refractivity contribution is 5.76. The minimum absolute atomic E-state index is 0.0536. The van der Waals surface area contributed by atoms with E-state index < -0.39 is 0 Å². The van der Waals surface area contributed by atoms with E-state index in [1.807, 2.05) is 11.0 Å². The third-order valence-electron chi connectivity index (χ3n) is 5.80. The lowest BCUT2D eigenvalue weighted by Crippen LogP contribution is -2.65. The van der Waals surface area contributed by atoms with Crippen LogP contribution in [-0.2, 0) is 6.42 Å². The van der Waals surface area contributed by atoms with Gasteiger partial charge in [-0.25, -0.2) is 9.78 Å². The van der Waals surface area contributed by atoms with Crippen LogP contribution in [0.3, 0.4) is 0 Å². The van der Waals surface area contributed by atoms with E-state index in [4.69, 9.17) is 0 Å². The zero-order valence-corrected chi connectivity index (χ0v) is 15.8. The second-order valence-corrected chi connectivity index (χ2v) is 7.83. The Morgan fingerprint density at radius 1 is 1.35 bits per heavy atom. The minimum Gasteiger partial charge on any atom is -0.342 e. The molecule has 0 spiro atoms. The molecule has 0 saturated carbocycles. The van der Waals surface area contributed by atoms with E-state index in [9.17, 15) is 4.79 Å². The minimum atomic E-state index is 0.0536. The Bertz CT molecular complexity index is 780. The van der Waals surface area contributed by atoms with E-state index in [0.717, 1.165) is 36.4 Å². The Kier molecular flexibility index (Phi) is 4.85. The summed E-state index contributed by atoms with van der Waals surface area (Å²) < 4.78 is 0. The van der Waals surface area contributed by atoms with Crippen molar-refractivity contribution in [1.29, 1.82) is 0 Å². The van der Waals surface area contributed by atoms with Gasteiger partial charge in [-0.15, -0.1) is 0 Å². The molecule has 1 aromatic heterocycles. The molecule has 1 atom stereocenters. The number of aromatic nitrogens is 2. The van der Waals surface area contributed by atoms with E-state index in [2.05, 4.69) is 46.2 Å². The first-order valence-corrected chi connectivity index (χ1v) is 9.84. The maximum atomic E-state index is 12.3. The first-order valence-electron chi connectivity index (χ1n) is 9.84. The summed E-state index contributed by atoms with van der Waals surface area (Å²) in [4.78, 5) is 24.7. The molecule has 0 aliphatic carbocycles. The van der Waals surface area contributed by atoms with Gasteiger partial charge in [0.15, 0.2) is 0 Å². The predicted molar refractivity (Wildman–Crippen MR) is 103 cm³/mol. The normalized spacial score (nSPS) is 21.8. The van der Waals surface area contributed by atoms with Gasteiger partial charge >= 0.3 is 6.03 Å². The van der Waals surface area contributed by atoms with E-state index in [1.165, 1.54) is 31.4 Å². The number of aryl methyl sites for hydroxylation is 1. The molecule has 2 fully saturated rings. The third kappa shape index (κ3) is 3.56. The van der Waals surface area contributed by atoms with Crippen molar-refractivity contribution in [3.8, 4) is 0 Å². The monoisotopic (exact) mass is 355 g/mol. The summed E-state index contributed by atoms with van der Waals surface area (Å²) in [5.74, 6) is 0.925. The Morgan fingerprint density at radius 3 is 3.00 bits per heavy atom. The number of amides is 2. The molecule has 2 aromatic rings. The predicted octanol–water partition coefficient (Wildman–Crippen LogP) is 2.68. The number of carbonyl (C=O) groups excluding carboxylic acids is 1. The summed E-state index contributed by atoms with van der Waals surface area (Å²) in [5.41, 5.74) is 3.27. The van der Waals surface area contributed by atoms with E-state index in [0.29, 0.717) is 18.6 Å². The van der Waals surface area contributed by atoms with E-state index >= 15 is 0 Å². The van der Waals surface area contributed by atoms with Crippen LogP contribution in [0.15, 0.2) is 18.2 Å². The van der Waals surface area contributed by atoms with Crippen LogP contribution in [0.4, 0.5) is 4.79 Å². The third-order valence-corrected chi connectivity index (χ3v) is 5.80. The fraction of sp³-hybridized carbons (Fsp3) is 0.600. The molecule has 6 nitrogen and oxygen atoms in total. The molecule has 0 bridgehead atoms. The molecule has 2 aliphatic rings. The molecule has 1 aromatic carbocycles. The zero-order chi connectivity index (χ0) is 18.1. The number of urea groups is 1. The van der Waals surface area contributed by atoms with Crippen molar-refractivity contribution in [1.82, 2.24) is 25.1 Å². The quantitative estimate of drug-likeness (QED) is 0.886. The standard InChI is InChI=1S/C20H29N5O/c1-14-6-7-17-18(11-14)23-19(22-17)8-9-21-20(26)24-12-16(13-24)25-10-4-3-5-15(25)2/h6-7,11,15-16H,3-5,8-10,12-13H2,1-2H3,(H,21,26)(H,22,23)/t15-/m1/s1. The van der Waals surface area contributed by atoms with Crippen LogP contribution < -0.4 is 5.32 Å². The highest BCUT2D eigenvalue weighted by atomic mass is 16.2. The van der Waals surface area contributed by atoms with Crippen molar-refractivity contribution >= 4 is 17.1 Å². The second kappa shape index (κ2) is 7.27. The molecule has 26 heavy (non-hydrogen) atoms. The number of H-pyrrole nitrogens is 1. The molecule has 2 saturated heterocycles. The number of likely N-dealkylation sites (tertiary alicyclic amines) is 2. The highest BCUT2D eigenvalue weighted by Gasteiger charge is 2.37. The molecule has 0 radical (unpaired) electrons. The SMILES string of the molecule is Cc1ccc2nc(CCNC(=O)N3CC(N4CCCC[C@H]4C)C3)[nH]c2c1. The maximum Gasteiger partial charge on any atom is 0.317 e. The van der Waals surface area contributed by atoms with Gasteiger partial charge in [0.2, 0.25) is 0 Å². The number of imidazole rings is 1. The van der Waals surface area contributed by atoms with Crippen LogP contribution >= 0.6 is 0 Å². The van der Waals surface area contributed by atoms with Gasteiger partial charge in [-0.1, -0.05) is 12.5 Å². The number of nitrogens with one attached hydrogen (secondary N) is 2. The Hall–Kier alpha value is -2.08. The summed E-state index contributed by atoms with van der Waals surface area (Å²) in [6.07, 6.45) is 4.65. The summed E-state index contributed by atoms with van der Waals surface area (Å²) in [7, 11) is 0. The van der Waals surface area contributed by atoms with Crippen LogP contribution in [0, 0.1) is 6.92 Å². The average molecular weight is 355 g/mol. The first-order chi connectivity index (χ1) is 12.6. The van der Waals surface area contributed by atoms with Gasteiger partial charge in [0.05, 0.1) is 11.0 Å². The number of nitrogens with zero attached hydrogens (tertiary/aromatic N) is 3. The summed E-state index contributed by atoms with van der Waals surface area (Å²) in [5, 5.41) is 3.03. The van der Waals surface area contributed by atoms with E-state index in [1.54, 1.807) is 0 Å². The fourth-order valence-electron chi connectivity index (χ4n) is 4.19. The van der Waals surface area contributed by atoms with Crippen LogP contribution in [0.5, 0.6) is 0 Å². The number of carbonyl (C=O) groups is 1. The number of benzene rings is 1. The number of piperidine rings is 1. The Labute approximate surface area is 155 Å². The number of aromatic amines is 1. The highest BCUT2D eigenvalue weighted by Crippen LogP contribution is 2.24. The van der Waals surface area contributed by atoms with Crippen LogP contribution in [0.1, 0.15) is 37.6 Å². The molecule has 140 valence electrons. The summed E-state index contributed by atoms with van der Waals surface area (Å²) >= 11 is 0. The van der Waals surface area contributed by atoms with Crippen molar-refractivity contribution in [2.24, 2.45) is 0 Å². The Balaban J connectivity index is 1.22. The van der Waals surface area contributed by atoms with Crippen molar-refractivity contribution in [3.63, 3.8) is 0 Å². The largest absolute Gasteiger partial charge is 0.342 e. The lowest BCUT2D eigenvalue weighted by atomic mass is 9.98. The van der Waals surface area contributed by atoms with Crippen LogP contribution in [0.2, 0.25) is 0 Å². The van der Waals surface area contributed by atoms with Gasteiger partial charge in [-0.3, -0.25) is 4.90 Å². The molecule has 0 unspecified atom stereocenters. The average Bonchev–Trinajstić information content (AvgIpc) is 2.97. The van der Waals surface area contributed by atoms with Crippen molar-refractivity contribution in [2.75, 3.05) is 26.2 Å². The molecule has 6 heteroatoms. The Morgan fingerprint density at radius 2 is 2.19 bits per heavy atom. The second-order valence-electron chi connectivity index (χ2n) is 7.83. The van der Waals surface area contributed by atoms with Crippen molar-refractivity contribution in [3.05, 3.63) is 29.6 Å². The molecule has 2 amide bonds. The number of fused-ring (bicyclic) bond motifs is 1. The maximum absolute atomic E-state index is 12.3. The summed E-state index contributed by atoms with van der Waals surface area (Å²) in [6.45, 7) is 7.91. The molecule has 2 N–H and O–H groups in total. The number of hydrogen-bond donors (Lipinski definition) is 2. The van der Waals surface area contributed by atoms with Crippen LogP contribution in [0.25, 0.3) is 11.0 Å².